The molecule has 3 amide bonds. The largest absolute Gasteiger partial charge is 0.350 e. The number of hydrogen-bond donors (Lipinski definition) is 2. The highest BCUT2D eigenvalue weighted by Gasteiger charge is 2.39. The van der Waals surface area contributed by atoms with E-state index in [0.29, 0.717) is 22.0 Å². The van der Waals surface area contributed by atoms with Gasteiger partial charge in [0.1, 0.15) is 10.7 Å². The molecule has 0 atom stereocenters. The molecule has 0 aliphatic carbocycles. The lowest BCUT2D eigenvalue weighted by Crippen LogP contribution is -2.32. The molecule has 0 spiro atoms. The van der Waals surface area contributed by atoms with Gasteiger partial charge in [-0.15, -0.1) is 0 Å². The van der Waals surface area contributed by atoms with Crippen molar-refractivity contribution in [3.8, 4) is 0 Å². The minimum absolute atomic E-state index is 0.0933. The van der Waals surface area contributed by atoms with Gasteiger partial charge in [0.15, 0.2) is 0 Å². The van der Waals surface area contributed by atoms with Crippen LogP contribution >= 0.6 is 46.4 Å². The van der Waals surface area contributed by atoms with Crippen molar-refractivity contribution in [3.05, 3.63) is 97.6 Å². The molecule has 3 aromatic carbocycles. The molecule has 1 aliphatic heterocycles. The van der Waals surface area contributed by atoms with E-state index in [1.807, 2.05) is 13.0 Å². The Morgan fingerprint density at radius 3 is 2.09 bits per heavy atom. The monoisotopic (exact) mass is 533 g/mol. The number of amides is 3. The van der Waals surface area contributed by atoms with Gasteiger partial charge in [-0.2, -0.15) is 0 Å². The first-order valence-corrected chi connectivity index (χ1v) is 11.3. The van der Waals surface area contributed by atoms with Crippen LogP contribution in [0.15, 0.2) is 71.4 Å². The van der Waals surface area contributed by atoms with Crippen molar-refractivity contribution in [2.24, 2.45) is 0 Å². The molecule has 0 radical (unpaired) electrons. The smallest absolute Gasteiger partial charge is 0.283 e. The number of nitrogens with one attached hydrogen (secondary N) is 2. The van der Waals surface area contributed by atoms with Crippen molar-refractivity contribution >= 4 is 81.2 Å². The van der Waals surface area contributed by atoms with Gasteiger partial charge in [0, 0.05) is 22.0 Å². The third-order valence-electron chi connectivity index (χ3n) is 5.03. The van der Waals surface area contributed by atoms with Crippen LogP contribution in [0, 0.1) is 6.92 Å². The molecule has 4 rings (SSSR count). The van der Waals surface area contributed by atoms with E-state index < -0.39 is 11.8 Å². The van der Waals surface area contributed by atoms with E-state index in [2.05, 4.69) is 10.6 Å². The normalized spacial score (nSPS) is 13.5. The average Bonchev–Trinajstić information content (AvgIpc) is 3.02. The van der Waals surface area contributed by atoms with Crippen molar-refractivity contribution in [1.29, 1.82) is 0 Å². The third kappa shape index (κ3) is 4.76. The van der Waals surface area contributed by atoms with Crippen LogP contribution in [0.1, 0.15) is 15.9 Å². The average molecular weight is 535 g/mol. The molecule has 0 bridgehead atoms. The first-order valence-electron chi connectivity index (χ1n) is 9.84. The van der Waals surface area contributed by atoms with E-state index in [4.69, 9.17) is 46.4 Å². The van der Waals surface area contributed by atoms with Crippen molar-refractivity contribution in [1.82, 2.24) is 0 Å². The maximum absolute atomic E-state index is 12.9. The summed E-state index contributed by atoms with van der Waals surface area (Å²) in [5.74, 6) is -1.67. The second kappa shape index (κ2) is 9.68. The standard InChI is InChI=1S/C24H15Cl4N3O3/c1-12-2-5-15(10-18(12)26)30-22(32)13-3-6-14(7-4-13)29-21-20(28)23(33)31(24(21)34)16-8-9-17(25)19(27)11-16/h2-11,29H,1H3,(H,30,32). The van der Waals surface area contributed by atoms with E-state index >= 15 is 0 Å². The van der Waals surface area contributed by atoms with Gasteiger partial charge in [-0.3, -0.25) is 14.4 Å². The number of carbonyl (C=O) groups excluding carboxylic acids is 3. The van der Waals surface area contributed by atoms with Gasteiger partial charge < -0.3 is 10.6 Å². The lowest BCUT2D eigenvalue weighted by Gasteiger charge is -2.15. The Morgan fingerprint density at radius 1 is 0.765 bits per heavy atom. The minimum atomic E-state index is -0.694. The Labute approximate surface area is 215 Å². The molecule has 0 unspecified atom stereocenters. The predicted molar refractivity (Wildman–Crippen MR) is 136 cm³/mol. The second-order valence-electron chi connectivity index (χ2n) is 7.35. The first kappa shape index (κ1) is 24.1. The summed E-state index contributed by atoms with van der Waals surface area (Å²) >= 11 is 24.2. The van der Waals surface area contributed by atoms with E-state index in [-0.39, 0.29) is 32.4 Å². The van der Waals surface area contributed by atoms with Crippen LogP contribution in [0.2, 0.25) is 15.1 Å². The lowest BCUT2D eigenvalue weighted by molar-refractivity contribution is -0.120. The first-order chi connectivity index (χ1) is 16.2. The van der Waals surface area contributed by atoms with Crippen LogP contribution in [-0.2, 0) is 9.59 Å². The number of carbonyl (C=O) groups is 3. The highest BCUT2D eigenvalue weighted by Crippen LogP contribution is 2.33. The Morgan fingerprint density at radius 2 is 1.44 bits per heavy atom. The van der Waals surface area contributed by atoms with Gasteiger partial charge in [-0.25, -0.2) is 4.90 Å². The molecule has 10 heteroatoms. The molecule has 1 heterocycles. The van der Waals surface area contributed by atoms with E-state index in [1.54, 1.807) is 36.4 Å². The lowest BCUT2D eigenvalue weighted by atomic mass is 10.1. The molecule has 6 nitrogen and oxygen atoms in total. The Hall–Kier alpha value is -3.03. The van der Waals surface area contributed by atoms with E-state index in [9.17, 15) is 14.4 Å². The number of imide groups is 1. The number of anilines is 3. The van der Waals surface area contributed by atoms with Crippen molar-refractivity contribution in [2.45, 2.75) is 6.92 Å². The summed E-state index contributed by atoms with van der Waals surface area (Å²) in [7, 11) is 0. The topological polar surface area (TPSA) is 78.5 Å². The SMILES string of the molecule is Cc1ccc(NC(=O)c2ccc(NC3=C(Cl)C(=O)N(c4ccc(Cl)c(Cl)c4)C3=O)cc2)cc1Cl. The molecule has 172 valence electrons. The molecular formula is C24H15Cl4N3O3. The van der Waals surface area contributed by atoms with E-state index in [1.165, 1.54) is 18.2 Å². The van der Waals surface area contributed by atoms with Crippen molar-refractivity contribution in [2.75, 3.05) is 15.5 Å². The number of benzene rings is 3. The Kier molecular flexibility index (Phi) is 6.86. The number of aryl methyl sites for hydroxylation is 1. The summed E-state index contributed by atoms with van der Waals surface area (Å²) in [6.45, 7) is 1.87. The maximum Gasteiger partial charge on any atom is 0.283 e. The van der Waals surface area contributed by atoms with Crippen LogP contribution in [0.25, 0.3) is 0 Å². The molecular weight excluding hydrogens is 520 g/mol. The predicted octanol–water partition coefficient (Wildman–Crippen LogP) is 6.64. The number of rotatable bonds is 5. The van der Waals surface area contributed by atoms with Gasteiger partial charge in [-0.1, -0.05) is 52.5 Å². The van der Waals surface area contributed by atoms with Crippen LogP contribution in [0.3, 0.4) is 0 Å². The van der Waals surface area contributed by atoms with Crippen LogP contribution in [-0.4, -0.2) is 17.7 Å². The quantitative estimate of drug-likeness (QED) is 0.359. The fraction of sp³-hybridized carbons (Fsp3) is 0.0417. The summed E-state index contributed by atoms with van der Waals surface area (Å²) in [5, 5.41) is 6.39. The van der Waals surface area contributed by atoms with Gasteiger partial charge >= 0.3 is 0 Å². The molecule has 0 fully saturated rings. The molecule has 1 aliphatic rings. The Bertz CT molecular complexity index is 1370. The van der Waals surface area contributed by atoms with Crippen molar-refractivity contribution < 1.29 is 14.4 Å². The van der Waals surface area contributed by atoms with Gasteiger partial charge in [-0.05, 0) is 67.1 Å². The number of halogens is 4. The molecule has 0 aromatic heterocycles. The molecule has 0 saturated carbocycles. The highest BCUT2D eigenvalue weighted by atomic mass is 35.5. The molecule has 34 heavy (non-hydrogen) atoms. The molecule has 3 aromatic rings. The van der Waals surface area contributed by atoms with Crippen LogP contribution in [0.5, 0.6) is 0 Å². The third-order valence-corrected chi connectivity index (χ3v) is 6.53. The fourth-order valence-electron chi connectivity index (χ4n) is 3.19. The van der Waals surface area contributed by atoms with Gasteiger partial charge in [0.2, 0.25) is 0 Å². The van der Waals surface area contributed by atoms with E-state index in [0.717, 1.165) is 10.5 Å². The molecule has 0 saturated heterocycles. The van der Waals surface area contributed by atoms with Crippen LogP contribution in [0.4, 0.5) is 17.1 Å². The van der Waals surface area contributed by atoms with Crippen molar-refractivity contribution in [3.63, 3.8) is 0 Å². The minimum Gasteiger partial charge on any atom is -0.350 e. The second-order valence-corrected chi connectivity index (χ2v) is 8.95. The fourth-order valence-corrected chi connectivity index (χ4v) is 3.88. The van der Waals surface area contributed by atoms with Crippen LogP contribution < -0.4 is 15.5 Å². The summed E-state index contributed by atoms with van der Waals surface area (Å²) in [4.78, 5) is 39.0. The summed E-state index contributed by atoms with van der Waals surface area (Å²) < 4.78 is 0. The summed E-state index contributed by atoms with van der Waals surface area (Å²) in [6.07, 6.45) is 0. The zero-order chi connectivity index (χ0) is 24.6. The maximum atomic E-state index is 12.9. The number of hydrogen-bond acceptors (Lipinski definition) is 4. The summed E-state index contributed by atoms with van der Waals surface area (Å²) in [5.41, 5.74) is 2.46. The van der Waals surface area contributed by atoms with Gasteiger partial charge in [0.05, 0.1) is 15.7 Å². The highest BCUT2D eigenvalue weighted by molar-refractivity contribution is 6.53. The zero-order valence-corrected chi connectivity index (χ0v) is 20.5. The molecule has 2 N–H and O–H groups in total. The van der Waals surface area contributed by atoms with Gasteiger partial charge in [0.25, 0.3) is 17.7 Å². The summed E-state index contributed by atoms with van der Waals surface area (Å²) in [6, 6.07) is 15.9. The zero-order valence-electron chi connectivity index (χ0n) is 17.5. The Balaban J connectivity index is 1.48. The number of nitrogens with zero attached hydrogens (tertiary/aromatic N) is 1.